The lowest BCUT2D eigenvalue weighted by Gasteiger charge is -2.13. The van der Waals surface area contributed by atoms with E-state index in [-0.39, 0.29) is 11.3 Å². The maximum absolute atomic E-state index is 9.17. The van der Waals surface area contributed by atoms with Crippen molar-refractivity contribution in [3.8, 4) is 11.9 Å². The van der Waals surface area contributed by atoms with E-state index in [9.17, 15) is 0 Å². The van der Waals surface area contributed by atoms with E-state index in [2.05, 4.69) is 44.6 Å². The highest BCUT2D eigenvalue weighted by molar-refractivity contribution is 7.09. The number of amidine groups is 1. The summed E-state index contributed by atoms with van der Waals surface area (Å²) in [5.74, 6) is 1.20. The Hall–Kier alpha value is -2.17. The summed E-state index contributed by atoms with van der Waals surface area (Å²) in [6, 6.07) is 5.14. The average molecular weight is 406 g/mol. The van der Waals surface area contributed by atoms with Crippen LogP contribution in [0.2, 0.25) is 5.02 Å². The molecule has 0 saturated heterocycles. The number of nitrogens with zero attached hydrogens (tertiary/aromatic N) is 5. The fourth-order valence-corrected chi connectivity index (χ4v) is 3.44. The van der Waals surface area contributed by atoms with E-state index in [1.165, 1.54) is 11.3 Å². The summed E-state index contributed by atoms with van der Waals surface area (Å²) < 4.78 is 7.27. The first-order valence-electron chi connectivity index (χ1n) is 8.59. The summed E-state index contributed by atoms with van der Waals surface area (Å²) in [7, 11) is 1.56. The topological polar surface area (TPSA) is 75.6 Å². The molecule has 0 amide bonds. The minimum atomic E-state index is -0.0998. The molecule has 8 heteroatoms. The predicted molar refractivity (Wildman–Crippen MR) is 109 cm³/mol. The average Bonchev–Trinajstić information content (AvgIpc) is 2.96. The summed E-state index contributed by atoms with van der Waals surface area (Å²) in [4.78, 5) is 9.26. The maximum atomic E-state index is 9.17. The minimum Gasteiger partial charge on any atom is -0.496 e. The normalized spacial score (nSPS) is 13.1. The van der Waals surface area contributed by atoms with Crippen molar-refractivity contribution in [2.24, 2.45) is 15.9 Å². The molecule has 2 rings (SSSR count). The fourth-order valence-electron chi connectivity index (χ4n) is 2.30. The minimum absolute atomic E-state index is 0.0998. The van der Waals surface area contributed by atoms with Crippen LogP contribution in [-0.4, -0.2) is 22.7 Å². The second kappa shape index (κ2) is 8.68. The number of nitriles is 1. The zero-order chi connectivity index (χ0) is 20.2. The zero-order valence-corrected chi connectivity index (χ0v) is 18.0. The maximum Gasteiger partial charge on any atom is 0.209 e. The van der Waals surface area contributed by atoms with Crippen LogP contribution in [0.5, 0.6) is 5.75 Å². The highest BCUT2D eigenvalue weighted by Crippen LogP contribution is 2.25. The van der Waals surface area contributed by atoms with Gasteiger partial charge < -0.3 is 4.74 Å². The van der Waals surface area contributed by atoms with E-state index in [0.717, 1.165) is 11.6 Å². The standard InChI is InChI=1S/C19H24ClN5OS/c1-12(2)10-25-18(27-17(24-25)19(3,4)5)23-16(22-11-21)14-9-13(20)7-8-15(14)26-6/h7-9,12H,10H2,1-6H3/b22-16+,23-18-. The smallest absolute Gasteiger partial charge is 0.209 e. The largest absolute Gasteiger partial charge is 0.496 e. The van der Waals surface area contributed by atoms with Crippen molar-refractivity contribution in [3.63, 3.8) is 0 Å². The van der Waals surface area contributed by atoms with Gasteiger partial charge in [0.15, 0.2) is 5.84 Å². The van der Waals surface area contributed by atoms with Gasteiger partial charge in [0.1, 0.15) is 10.8 Å². The number of aromatic nitrogens is 2. The molecule has 0 atom stereocenters. The van der Waals surface area contributed by atoms with Crippen molar-refractivity contribution in [3.05, 3.63) is 38.6 Å². The molecule has 0 saturated carbocycles. The lowest BCUT2D eigenvalue weighted by atomic mass is 9.98. The third-order valence-electron chi connectivity index (χ3n) is 3.56. The van der Waals surface area contributed by atoms with Crippen LogP contribution >= 0.6 is 22.9 Å². The van der Waals surface area contributed by atoms with Crippen molar-refractivity contribution in [1.29, 1.82) is 5.26 Å². The molecule has 1 aromatic heterocycles. The highest BCUT2D eigenvalue weighted by atomic mass is 35.5. The number of methoxy groups -OCH3 is 1. The molecule has 0 radical (unpaired) electrons. The third kappa shape index (κ3) is 5.41. The van der Waals surface area contributed by atoms with E-state index >= 15 is 0 Å². The van der Waals surface area contributed by atoms with Gasteiger partial charge in [0.05, 0.1) is 12.7 Å². The molecular weight excluding hydrogens is 382 g/mol. The Balaban J connectivity index is 2.69. The molecule has 0 bridgehead atoms. The molecule has 0 fully saturated rings. The lowest BCUT2D eigenvalue weighted by Crippen LogP contribution is -2.21. The zero-order valence-electron chi connectivity index (χ0n) is 16.4. The lowest BCUT2D eigenvalue weighted by molar-refractivity contribution is 0.414. The molecular formula is C19H24ClN5OS. The van der Waals surface area contributed by atoms with Gasteiger partial charge in [-0.3, -0.25) is 0 Å². The molecule has 1 heterocycles. The van der Waals surface area contributed by atoms with E-state index < -0.39 is 0 Å². The van der Waals surface area contributed by atoms with Crippen LogP contribution < -0.4 is 9.54 Å². The number of halogens is 1. The van der Waals surface area contributed by atoms with Crippen LogP contribution in [0.25, 0.3) is 0 Å². The third-order valence-corrected chi connectivity index (χ3v) is 5.17. The monoisotopic (exact) mass is 405 g/mol. The van der Waals surface area contributed by atoms with Gasteiger partial charge in [-0.05, 0) is 24.1 Å². The molecule has 2 aromatic rings. The molecule has 0 aliphatic heterocycles. The van der Waals surface area contributed by atoms with Crippen molar-refractivity contribution < 1.29 is 4.74 Å². The summed E-state index contributed by atoms with van der Waals surface area (Å²) >= 11 is 7.63. The predicted octanol–water partition coefficient (Wildman–Crippen LogP) is 4.39. The van der Waals surface area contributed by atoms with E-state index in [4.69, 9.17) is 26.7 Å². The number of aliphatic imine (C=N–C) groups is 1. The van der Waals surface area contributed by atoms with E-state index in [1.54, 1.807) is 25.3 Å². The van der Waals surface area contributed by atoms with Gasteiger partial charge in [-0.25, -0.2) is 4.68 Å². The Kier molecular flexibility index (Phi) is 6.79. The molecule has 0 N–H and O–H groups in total. The number of hydrogen-bond donors (Lipinski definition) is 0. The fraction of sp³-hybridized carbons (Fsp3) is 0.474. The molecule has 27 heavy (non-hydrogen) atoms. The summed E-state index contributed by atoms with van der Waals surface area (Å²) in [6.45, 7) is 11.3. The van der Waals surface area contributed by atoms with Crippen LogP contribution in [0, 0.1) is 17.4 Å². The van der Waals surface area contributed by atoms with Crippen LogP contribution in [0.1, 0.15) is 45.2 Å². The Labute approximate surface area is 168 Å². The van der Waals surface area contributed by atoms with Gasteiger partial charge in [0, 0.05) is 17.0 Å². The molecule has 0 aliphatic rings. The molecule has 144 valence electrons. The Bertz CT molecular complexity index is 944. The van der Waals surface area contributed by atoms with Crippen molar-refractivity contribution >= 4 is 28.8 Å². The first-order valence-corrected chi connectivity index (χ1v) is 9.79. The number of ether oxygens (including phenoxy) is 1. The SMILES string of the molecule is COc1ccc(Cl)cc1C(/N=c1\sc(C(C)(C)C)nn1CC(C)C)=N\C#N. The molecule has 0 spiro atoms. The van der Waals surface area contributed by atoms with Gasteiger partial charge in [-0.1, -0.05) is 57.6 Å². The number of rotatable bonds is 4. The van der Waals surface area contributed by atoms with E-state index in [1.807, 2.05) is 10.9 Å². The van der Waals surface area contributed by atoms with Crippen molar-refractivity contribution in [1.82, 2.24) is 9.78 Å². The van der Waals surface area contributed by atoms with Crippen molar-refractivity contribution in [2.45, 2.75) is 46.6 Å². The second-order valence-electron chi connectivity index (χ2n) is 7.51. The summed E-state index contributed by atoms with van der Waals surface area (Å²) in [5, 5.41) is 15.4. The van der Waals surface area contributed by atoms with Crippen molar-refractivity contribution in [2.75, 3.05) is 7.11 Å². The first kappa shape index (κ1) is 21.1. The molecule has 1 aromatic carbocycles. The molecule has 0 aliphatic carbocycles. The van der Waals surface area contributed by atoms with Crippen LogP contribution in [-0.2, 0) is 12.0 Å². The number of benzene rings is 1. The molecule has 6 nitrogen and oxygen atoms in total. The Morgan fingerprint density at radius 2 is 2.11 bits per heavy atom. The van der Waals surface area contributed by atoms with Gasteiger partial charge >= 0.3 is 0 Å². The Morgan fingerprint density at radius 1 is 1.41 bits per heavy atom. The summed E-state index contributed by atoms with van der Waals surface area (Å²) in [5.41, 5.74) is 0.464. The van der Waals surface area contributed by atoms with E-state index in [0.29, 0.717) is 27.1 Å². The Morgan fingerprint density at radius 3 is 2.67 bits per heavy atom. The van der Waals surface area contributed by atoms with Gasteiger partial charge in [-0.15, -0.1) is 0 Å². The van der Waals surface area contributed by atoms with Gasteiger partial charge in [0.2, 0.25) is 11.0 Å². The van der Waals surface area contributed by atoms with Crippen LogP contribution in [0.3, 0.4) is 0 Å². The quantitative estimate of drug-likeness (QED) is 0.430. The molecule has 0 unspecified atom stereocenters. The highest BCUT2D eigenvalue weighted by Gasteiger charge is 2.21. The first-order chi connectivity index (χ1) is 12.7. The summed E-state index contributed by atoms with van der Waals surface area (Å²) in [6.07, 6.45) is 1.83. The van der Waals surface area contributed by atoms with Crippen LogP contribution in [0.4, 0.5) is 0 Å². The number of hydrogen-bond acceptors (Lipinski definition) is 5. The van der Waals surface area contributed by atoms with Gasteiger partial charge in [-0.2, -0.15) is 20.3 Å². The van der Waals surface area contributed by atoms with Gasteiger partial charge in [0.25, 0.3) is 0 Å². The second-order valence-corrected chi connectivity index (χ2v) is 8.90. The van der Waals surface area contributed by atoms with Crippen LogP contribution in [0.15, 0.2) is 28.2 Å².